The zero-order chi connectivity index (χ0) is 17.4. The summed E-state index contributed by atoms with van der Waals surface area (Å²) in [6.45, 7) is 6.74. The first-order chi connectivity index (χ1) is 11.6. The van der Waals surface area contributed by atoms with Gasteiger partial charge in [0.05, 0.1) is 0 Å². The Morgan fingerprint density at radius 3 is 2.67 bits per heavy atom. The largest absolute Gasteiger partial charge is 0.489 e. The van der Waals surface area contributed by atoms with E-state index in [2.05, 4.69) is 19.2 Å². The van der Waals surface area contributed by atoms with E-state index >= 15 is 0 Å². The summed E-state index contributed by atoms with van der Waals surface area (Å²) in [5, 5.41) is 5.46. The van der Waals surface area contributed by atoms with Gasteiger partial charge in [-0.3, -0.25) is 0 Å². The lowest BCUT2D eigenvalue weighted by Crippen LogP contribution is -2.38. The number of nitrogens with one attached hydrogen (secondary N) is 1. The molecule has 1 atom stereocenters. The Hall–Kier alpha value is -2.33. The molecule has 0 aromatic heterocycles. The lowest BCUT2D eigenvalue weighted by molar-refractivity contribution is -0.144. The number of hydrogen-bond acceptors (Lipinski definition) is 4. The molecule has 2 rings (SSSR count). The minimum Gasteiger partial charge on any atom is -0.489 e. The molecule has 2 aromatic carbocycles. The van der Waals surface area contributed by atoms with Crippen LogP contribution in [0.4, 0.5) is 0 Å². The molecule has 0 radical (unpaired) electrons. The molecule has 2 aromatic rings. The summed E-state index contributed by atoms with van der Waals surface area (Å²) < 4.78 is 11.4. The minimum atomic E-state index is -0.352. The number of esters is 1. The van der Waals surface area contributed by atoms with E-state index in [4.69, 9.17) is 9.47 Å². The lowest BCUT2D eigenvalue weighted by atomic mass is 10.1. The smallest absolute Gasteiger partial charge is 0.330 e. The molecule has 0 bridgehead atoms. The maximum atomic E-state index is 11.7. The molecule has 1 unspecified atom stereocenters. The minimum absolute atomic E-state index is 0.303. The van der Waals surface area contributed by atoms with Crippen molar-refractivity contribution >= 4 is 16.7 Å². The van der Waals surface area contributed by atoms with Crippen LogP contribution < -0.4 is 10.1 Å². The van der Waals surface area contributed by atoms with E-state index in [9.17, 15) is 4.79 Å². The molecule has 1 N–H and O–H groups in total. The van der Waals surface area contributed by atoms with E-state index < -0.39 is 0 Å². The van der Waals surface area contributed by atoms with Crippen LogP contribution in [0.1, 0.15) is 20.8 Å². The summed E-state index contributed by atoms with van der Waals surface area (Å²) >= 11 is 0. The predicted octanol–water partition coefficient (Wildman–Crippen LogP) is 3.70. The first kappa shape index (κ1) is 18.0. The standard InChI is InChI=1S/C20H25NO3/c1-4-8-20(22)24-17(13-21-15(2)3)14-23-19-12-7-10-16-9-5-6-11-18(16)19/h4-12,15,17,21H,13-14H2,1-3H3/b8-4+. The molecule has 0 aliphatic rings. The number of carbonyl (C=O) groups excluding carboxylic acids is 1. The van der Waals surface area contributed by atoms with Crippen LogP contribution in [0, 0.1) is 0 Å². The van der Waals surface area contributed by atoms with Crippen molar-refractivity contribution in [2.75, 3.05) is 13.2 Å². The fraction of sp³-hybridized carbons (Fsp3) is 0.350. The first-order valence-electron chi connectivity index (χ1n) is 8.27. The molecule has 0 aliphatic carbocycles. The van der Waals surface area contributed by atoms with E-state index in [1.807, 2.05) is 42.5 Å². The van der Waals surface area contributed by atoms with Gasteiger partial charge in [0, 0.05) is 24.0 Å². The quantitative estimate of drug-likeness (QED) is 0.593. The van der Waals surface area contributed by atoms with Gasteiger partial charge in [-0.25, -0.2) is 4.79 Å². The molecule has 0 aliphatic heterocycles. The van der Waals surface area contributed by atoms with Crippen molar-refractivity contribution < 1.29 is 14.3 Å². The maximum Gasteiger partial charge on any atom is 0.330 e. The van der Waals surface area contributed by atoms with Crippen molar-refractivity contribution in [1.29, 1.82) is 0 Å². The molecule has 0 heterocycles. The number of carbonyl (C=O) groups is 1. The van der Waals surface area contributed by atoms with Crippen LogP contribution in [-0.4, -0.2) is 31.3 Å². The average molecular weight is 327 g/mol. The van der Waals surface area contributed by atoms with E-state index in [0.717, 1.165) is 16.5 Å². The van der Waals surface area contributed by atoms with Crippen molar-refractivity contribution in [3.05, 3.63) is 54.6 Å². The topological polar surface area (TPSA) is 47.6 Å². The molecule has 0 saturated heterocycles. The number of hydrogen-bond donors (Lipinski definition) is 1. The number of allylic oxidation sites excluding steroid dienone is 1. The molecule has 4 heteroatoms. The third kappa shape index (κ3) is 5.39. The van der Waals surface area contributed by atoms with Crippen LogP contribution in [-0.2, 0) is 9.53 Å². The summed E-state index contributed by atoms with van der Waals surface area (Å²) in [6.07, 6.45) is 2.73. The molecule has 4 nitrogen and oxygen atoms in total. The second-order valence-electron chi connectivity index (χ2n) is 5.91. The summed E-state index contributed by atoms with van der Waals surface area (Å²) in [6, 6.07) is 14.3. The first-order valence-corrected chi connectivity index (χ1v) is 8.27. The van der Waals surface area contributed by atoms with E-state index in [-0.39, 0.29) is 12.1 Å². The van der Waals surface area contributed by atoms with Crippen molar-refractivity contribution in [2.45, 2.75) is 32.9 Å². The van der Waals surface area contributed by atoms with Gasteiger partial charge in [0.2, 0.25) is 0 Å². The normalized spacial score (nSPS) is 12.7. The van der Waals surface area contributed by atoms with Gasteiger partial charge in [-0.05, 0) is 18.4 Å². The van der Waals surface area contributed by atoms with Gasteiger partial charge in [0.1, 0.15) is 18.5 Å². The number of fused-ring (bicyclic) bond motifs is 1. The van der Waals surface area contributed by atoms with Gasteiger partial charge >= 0.3 is 5.97 Å². The molecular weight excluding hydrogens is 302 g/mol. The third-order valence-electron chi connectivity index (χ3n) is 3.51. The number of ether oxygens (including phenoxy) is 2. The highest BCUT2D eigenvalue weighted by Crippen LogP contribution is 2.25. The molecular formula is C20H25NO3. The van der Waals surface area contributed by atoms with E-state index in [1.54, 1.807) is 13.0 Å². The summed E-state index contributed by atoms with van der Waals surface area (Å²) in [5.74, 6) is 0.444. The van der Waals surface area contributed by atoms with Gasteiger partial charge in [0.25, 0.3) is 0 Å². The van der Waals surface area contributed by atoms with Crippen LogP contribution in [0.15, 0.2) is 54.6 Å². The van der Waals surface area contributed by atoms with Gasteiger partial charge in [-0.15, -0.1) is 0 Å². The summed E-state index contributed by atoms with van der Waals surface area (Å²) in [5.41, 5.74) is 0. The van der Waals surface area contributed by atoms with Gasteiger partial charge in [0.15, 0.2) is 0 Å². The fourth-order valence-electron chi connectivity index (χ4n) is 2.35. The predicted molar refractivity (Wildman–Crippen MR) is 97.3 cm³/mol. The van der Waals surface area contributed by atoms with Gasteiger partial charge < -0.3 is 14.8 Å². The Kier molecular flexibility index (Phi) is 6.82. The molecule has 128 valence electrons. The Bertz CT molecular complexity index is 689. The molecule has 0 fully saturated rings. The Balaban J connectivity index is 2.06. The molecule has 0 spiro atoms. The Labute approximate surface area is 143 Å². The van der Waals surface area contributed by atoms with Crippen molar-refractivity contribution in [1.82, 2.24) is 5.32 Å². The summed E-state index contributed by atoms with van der Waals surface area (Å²) in [4.78, 5) is 11.7. The van der Waals surface area contributed by atoms with Crippen molar-refractivity contribution in [2.24, 2.45) is 0 Å². The Morgan fingerprint density at radius 1 is 1.17 bits per heavy atom. The zero-order valence-electron chi connectivity index (χ0n) is 14.5. The SMILES string of the molecule is C/C=C/C(=O)OC(CNC(C)C)COc1cccc2ccccc12. The highest BCUT2D eigenvalue weighted by atomic mass is 16.6. The zero-order valence-corrected chi connectivity index (χ0v) is 14.5. The maximum absolute atomic E-state index is 11.7. The fourth-order valence-corrected chi connectivity index (χ4v) is 2.35. The van der Waals surface area contributed by atoms with Crippen molar-refractivity contribution in [3.63, 3.8) is 0 Å². The van der Waals surface area contributed by atoms with Crippen molar-refractivity contribution in [3.8, 4) is 5.75 Å². The lowest BCUT2D eigenvalue weighted by Gasteiger charge is -2.20. The highest BCUT2D eigenvalue weighted by Gasteiger charge is 2.15. The third-order valence-corrected chi connectivity index (χ3v) is 3.51. The highest BCUT2D eigenvalue weighted by molar-refractivity contribution is 5.88. The molecule has 0 amide bonds. The van der Waals surface area contributed by atoms with Crippen LogP contribution in [0.3, 0.4) is 0 Å². The van der Waals surface area contributed by atoms with Crippen LogP contribution >= 0.6 is 0 Å². The second-order valence-corrected chi connectivity index (χ2v) is 5.91. The van der Waals surface area contributed by atoms with Crippen LogP contribution in [0.25, 0.3) is 10.8 Å². The summed E-state index contributed by atoms with van der Waals surface area (Å²) in [7, 11) is 0. The molecule has 24 heavy (non-hydrogen) atoms. The number of rotatable bonds is 8. The monoisotopic (exact) mass is 327 g/mol. The second kappa shape index (κ2) is 9.08. The van der Waals surface area contributed by atoms with Gasteiger partial charge in [-0.2, -0.15) is 0 Å². The van der Waals surface area contributed by atoms with Crippen LogP contribution in [0.5, 0.6) is 5.75 Å². The average Bonchev–Trinajstić information content (AvgIpc) is 2.57. The number of benzene rings is 2. The molecule has 0 saturated carbocycles. The van der Waals surface area contributed by atoms with E-state index in [1.165, 1.54) is 6.08 Å². The van der Waals surface area contributed by atoms with Gasteiger partial charge in [-0.1, -0.05) is 56.3 Å². The van der Waals surface area contributed by atoms with E-state index in [0.29, 0.717) is 19.2 Å². The van der Waals surface area contributed by atoms with Crippen LogP contribution in [0.2, 0.25) is 0 Å². The Morgan fingerprint density at radius 2 is 1.92 bits per heavy atom.